The Hall–Kier alpha value is -16.2. The Balaban J connectivity index is 0.0000000979. The summed E-state index contributed by atoms with van der Waals surface area (Å²) < 4.78 is 2.80. The van der Waals surface area contributed by atoms with Crippen molar-refractivity contribution in [1.29, 1.82) is 0 Å². The van der Waals surface area contributed by atoms with Gasteiger partial charge in [-0.25, -0.2) is 0 Å². The van der Waals surface area contributed by atoms with E-state index in [9.17, 15) is 0 Å². The highest BCUT2D eigenvalue weighted by Crippen LogP contribution is 2.62. The molecule has 0 bridgehead atoms. The van der Waals surface area contributed by atoms with Gasteiger partial charge in [0.15, 0.2) is 0 Å². The minimum atomic E-state index is -0.264. The molecule has 0 atom stereocenters. The van der Waals surface area contributed by atoms with Gasteiger partial charge in [0.25, 0.3) is 0 Å². The van der Waals surface area contributed by atoms with Crippen LogP contribution >= 0.6 is 11.3 Å². The Labute approximate surface area is 867 Å². The van der Waals surface area contributed by atoms with E-state index in [0.29, 0.717) is 0 Å². The van der Waals surface area contributed by atoms with Gasteiger partial charge in [-0.3, -0.25) is 0 Å². The van der Waals surface area contributed by atoms with Crippen LogP contribution in [0, 0.1) is 48.5 Å². The van der Waals surface area contributed by atoms with Crippen molar-refractivity contribution in [1.82, 2.24) is 0 Å². The van der Waals surface area contributed by atoms with Gasteiger partial charge in [-0.15, -0.1) is 11.3 Å². The zero-order valence-electron chi connectivity index (χ0n) is 85.8. The minimum Gasteiger partial charge on any atom is -0.134 e. The van der Waals surface area contributed by atoms with Crippen LogP contribution in [0.4, 0.5) is 0 Å². The third-order valence-electron chi connectivity index (χ3n) is 32.0. The molecule has 146 heavy (non-hydrogen) atoms. The summed E-state index contributed by atoms with van der Waals surface area (Å²) in [5.41, 5.74) is 53.3. The van der Waals surface area contributed by atoms with Crippen molar-refractivity contribution in [2.45, 2.75) is 122 Å². The maximum absolute atomic E-state index is 2.37. The molecule has 1 aromatic heterocycles. The number of hydrogen-bond acceptors (Lipinski definition) is 1. The zero-order chi connectivity index (χ0) is 100. The highest BCUT2D eigenvalue weighted by atomic mass is 32.1. The van der Waals surface area contributed by atoms with Gasteiger partial charge in [0.2, 0.25) is 0 Å². The van der Waals surface area contributed by atoms with Gasteiger partial charge < -0.3 is 0 Å². The van der Waals surface area contributed by atoms with Gasteiger partial charge in [0.05, 0.1) is 16.2 Å². The number of fused-ring (bicyclic) bond motifs is 21. The topological polar surface area (TPSA) is 0 Å². The molecule has 0 N–H and O–H groups in total. The van der Waals surface area contributed by atoms with E-state index in [1.54, 1.807) is 0 Å². The van der Waals surface area contributed by atoms with Gasteiger partial charge in [-0.2, -0.15) is 0 Å². The van der Waals surface area contributed by atoms with Crippen molar-refractivity contribution in [3.63, 3.8) is 0 Å². The summed E-state index contributed by atoms with van der Waals surface area (Å²) in [6, 6.07) is 183. The Morgan fingerprint density at radius 1 is 0.151 bits per heavy atom. The second-order valence-electron chi connectivity index (χ2n) is 41.9. The zero-order valence-corrected chi connectivity index (χ0v) is 86.6. The van der Waals surface area contributed by atoms with Gasteiger partial charge in [0.1, 0.15) is 0 Å². The van der Waals surface area contributed by atoms with E-state index in [0.717, 1.165) is 0 Å². The normalized spacial score (nSPS) is 14.1. The third kappa shape index (κ3) is 16.1. The number of thiophene rings is 1. The molecule has 0 spiro atoms. The van der Waals surface area contributed by atoms with Crippen LogP contribution in [0.2, 0.25) is 0 Å². The molecule has 6 aliphatic rings. The largest absolute Gasteiger partial charge is 0.134 e. The molecule has 0 saturated carbocycles. The van der Waals surface area contributed by atoms with Gasteiger partial charge in [-0.1, -0.05) is 567 Å². The van der Waals surface area contributed by atoms with Crippen molar-refractivity contribution < 1.29 is 0 Å². The van der Waals surface area contributed by atoms with E-state index in [1.807, 2.05) is 11.3 Å². The molecule has 0 unspecified atom stereocenters. The van der Waals surface area contributed by atoms with Gasteiger partial charge in [0, 0.05) is 36.4 Å². The van der Waals surface area contributed by atoms with Crippen LogP contribution < -0.4 is 0 Å². The van der Waals surface area contributed by atoms with Crippen molar-refractivity contribution in [2.24, 2.45) is 0 Å². The maximum atomic E-state index is 2.37. The second-order valence-corrected chi connectivity index (χ2v) is 42.9. The summed E-state index contributed by atoms with van der Waals surface area (Å²) in [5.74, 6) is 0. The Kier molecular flexibility index (Phi) is 25.2. The molecule has 1 heteroatoms. The van der Waals surface area contributed by atoms with Gasteiger partial charge >= 0.3 is 0 Å². The number of aryl methyl sites for hydroxylation is 7. The molecule has 28 rings (SSSR count). The van der Waals surface area contributed by atoms with E-state index >= 15 is 0 Å². The average molecular weight is 1900 g/mol. The van der Waals surface area contributed by atoms with Crippen molar-refractivity contribution in [3.8, 4) is 77.9 Å². The van der Waals surface area contributed by atoms with E-state index in [1.165, 1.54) is 237 Å². The molecule has 0 aliphatic heterocycles. The summed E-state index contributed by atoms with van der Waals surface area (Å²) in [5, 5.41) is 2.75. The fraction of sp³-hybridized carbons (Fsp3) is 0.131. The molecule has 708 valence electrons. The highest BCUT2D eigenvalue weighted by molar-refractivity contribution is 7.26. The Morgan fingerprint density at radius 2 is 0.404 bits per heavy atom. The monoisotopic (exact) mass is 1890 g/mol. The Morgan fingerprint density at radius 3 is 0.870 bits per heavy atom. The molecular formula is C145H122S. The standard InChI is InChI=1S/3C26H20.C19H14S.3C16H16/c1-19-11-10-17-23-22-16-8-9-18-24(22)26(25(19)23,20-12-4-2-5-13-20)21-14-6-3-7-15-21;1-19-16-17-25-23(18-19)22-14-8-9-15-24(22)26(25,20-10-4-2-5-11-20)21-12-6-3-7-13-21;1-19-16-17-23-22-14-8-9-15-24(22)26(25(23)18-19,20-10-4-2-5-11-20)21-12-6-3-7-13-21;1-13-7-5-11-16-17-12-6-10-15(19(17)20-18(13)16)14-8-3-2-4-9-14;1-11-7-6-9-13-12-8-4-5-10-14(12)16(2,3)15(11)13;1-11-8-9-15-13(10-11)12-6-4-5-7-14(12)16(15,2)3;1-11-8-9-13-12-6-4-5-7-14(12)16(2,3)15(13)10-11/h3*2-18H,1H3;2-12H,1H3;3*4-10H,1-3H3. The third-order valence-corrected chi connectivity index (χ3v) is 33.4. The summed E-state index contributed by atoms with van der Waals surface area (Å²) in [6.07, 6.45) is 0. The summed E-state index contributed by atoms with van der Waals surface area (Å²) in [6.45, 7) is 29.2. The maximum Gasteiger partial charge on any atom is 0.0716 e. The van der Waals surface area contributed by atoms with E-state index in [4.69, 9.17) is 0 Å². The lowest BCUT2D eigenvalue weighted by Crippen LogP contribution is -2.29. The predicted octanol–water partition coefficient (Wildman–Crippen LogP) is 38.0. The van der Waals surface area contributed by atoms with Crippen LogP contribution in [0.3, 0.4) is 0 Å². The van der Waals surface area contributed by atoms with Crippen molar-refractivity contribution >= 4 is 31.5 Å². The van der Waals surface area contributed by atoms with Crippen LogP contribution in [0.15, 0.2) is 504 Å². The molecule has 0 fully saturated rings. The fourth-order valence-electron chi connectivity index (χ4n) is 25.4. The molecule has 1 heterocycles. The lowest BCUT2D eigenvalue weighted by atomic mass is 9.67. The number of hydrogen-bond donors (Lipinski definition) is 0. The molecule has 22 aromatic rings. The first-order valence-electron chi connectivity index (χ1n) is 51.7. The molecule has 0 radical (unpaired) electrons. The van der Waals surface area contributed by atoms with Crippen molar-refractivity contribution in [2.75, 3.05) is 0 Å². The Bertz CT molecular complexity index is 8470. The summed E-state index contributed by atoms with van der Waals surface area (Å²) in [7, 11) is 0. The quantitative estimate of drug-likeness (QED) is 0.149. The minimum absolute atomic E-state index is 0.150. The van der Waals surface area contributed by atoms with E-state index in [-0.39, 0.29) is 32.5 Å². The molecule has 21 aromatic carbocycles. The first-order valence-corrected chi connectivity index (χ1v) is 52.5. The fourth-order valence-corrected chi connectivity index (χ4v) is 26.7. The van der Waals surface area contributed by atoms with Crippen molar-refractivity contribution in [3.05, 3.63) is 643 Å². The molecule has 0 nitrogen and oxygen atoms in total. The second kappa shape index (κ2) is 38.8. The SMILES string of the molecule is Cc1ccc2c(c1)-c1ccccc1C2(C)C.Cc1ccc2c(c1)-c1ccccc1C2(c1ccccc1)c1ccccc1.Cc1ccc2c(c1)C(C)(C)c1ccccc1-2.Cc1ccc2c(c1)C(c1ccccc1)(c1ccccc1)c1ccccc1-2.Cc1cccc2c1C(C)(C)c1ccccc1-2.Cc1cccc2c1C(c1ccccc1)(c1ccccc1)c1ccccc1-2.Cc1cccc2c1sc1c(-c3ccccc3)cccc12. The molecule has 0 saturated heterocycles. The van der Waals surface area contributed by atoms with Crippen LogP contribution in [-0.4, -0.2) is 0 Å². The predicted molar refractivity (Wildman–Crippen MR) is 621 cm³/mol. The van der Waals surface area contributed by atoms with Crippen LogP contribution in [0.25, 0.3) is 98.1 Å². The van der Waals surface area contributed by atoms with Crippen LogP contribution in [-0.2, 0) is 32.5 Å². The summed E-state index contributed by atoms with van der Waals surface area (Å²) in [4.78, 5) is 0. The highest BCUT2D eigenvalue weighted by Gasteiger charge is 2.50. The first-order chi connectivity index (χ1) is 71.1. The lowest BCUT2D eigenvalue weighted by Gasteiger charge is -2.34. The average Bonchev–Trinajstić information content (AvgIpc) is 1.54. The summed E-state index contributed by atoms with van der Waals surface area (Å²) >= 11 is 1.91. The lowest BCUT2D eigenvalue weighted by molar-refractivity contribution is 0.655. The molecule has 6 aliphatic carbocycles. The van der Waals surface area contributed by atoms with Gasteiger partial charge in [-0.05, 0) is 243 Å². The molecular weight excluding hydrogens is 1770 g/mol. The smallest absolute Gasteiger partial charge is 0.0716 e. The van der Waals surface area contributed by atoms with E-state index < -0.39 is 0 Å². The molecule has 0 amide bonds. The van der Waals surface area contributed by atoms with E-state index in [2.05, 4.69) is 594 Å². The number of benzene rings is 21. The first kappa shape index (κ1) is 94.7. The van der Waals surface area contributed by atoms with Crippen LogP contribution in [0.1, 0.15) is 181 Å². The number of rotatable bonds is 7. The van der Waals surface area contributed by atoms with Crippen LogP contribution in [0.5, 0.6) is 0 Å².